The summed E-state index contributed by atoms with van der Waals surface area (Å²) in [5.74, 6) is 0.489. The van der Waals surface area contributed by atoms with Crippen molar-refractivity contribution in [2.45, 2.75) is 18.3 Å². The van der Waals surface area contributed by atoms with E-state index in [1.807, 2.05) is 0 Å². The van der Waals surface area contributed by atoms with Crippen LogP contribution >= 0.6 is 15.9 Å². The highest BCUT2D eigenvalue weighted by Crippen LogP contribution is 2.34. The summed E-state index contributed by atoms with van der Waals surface area (Å²) in [7, 11) is 1.69. The van der Waals surface area contributed by atoms with Gasteiger partial charge in [0.1, 0.15) is 0 Å². The fourth-order valence-electron chi connectivity index (χ4n) is 2.47. The molecule has 0 bridgehead atoms. The van der Waals surface area contributed by atoms with Gasteiger partial charge in [-0.15, -0.1) is 0 Å². The van der Waals surface area contributed by atoms with Gasteiger partial charge in [-0.05, 0) is 30.5 Å². The summed E-state index contributed by atoms with van der Waals surface area (Å²) in [5.41, 5.74) is 7.16. The monoisotopic (exact) mass is 325 g/mol. The molecule has 0 amide bonds. The third kappa shape index (κ3) is 3.48. The molecule has 0 spiro atoms. The van der Waals surface area contributed by atoms with E-state index in [-0.39, 0.29) is 5.41 Å². The van der Waals surface area contributed by atoms with E-state index < -0.39 is 0 Å². The number of halogens is 1. The molecular formula is C14H20BrN3O. The second-order valence-corrected chi connectivity index (χ2v) is 5.78. The Balaban J connectivity index is 2.21. The van der Waals surface area contributed by atoms with Crippen LogP contribution in [0.3, 0.4) is 0 Å². The number of nitrogens with one attached hydrogen (secondary N) is 1. The molecule has 2 rings (SSSR count). The Bertz CT molecular complexity index is 439. The summed E-state index contributed by atoms with van der Waals surface area (Å²) >= 11 is 3.48. The predicted molar refractivity (Wildman–Crippen MR) is 81.4 cm³/mol. The largest absolute Gasteiger partial charge is 0.381 e. The highest BCUT2D eigenvalue weighted by atomic mass is 79.9. The van der Waals surface area contributed by atoms with Gasteiger partial charge >= 0.3 is 0 Å². The molecule has 0 radical (unpaired) electrons. The Morgan fingerprint density at radius 3 is 2.58 bits per heavy atom. The Morgan fingerprint density at radius 2 is 2.00 bits per heavy atom. The molecule has 1 aliphatic rings. The molecule has 1 heterocycles. The van der Waals surface area contributed by atoms with Crippen molar-refractivity contribution in [1.82, 2.24) is 5.32 Å². The lowest BCUT2D eigenvalue weighted by Gasteiger charge is -2.38. The number of benzene rings is 1. The zero-order chi connectivity index (χ0) is 13.7. The molecule has 0 unspecified atom stereocenters. The van der Waals surface area contributed by atoms with E-state index in [2.05, 4.69) is 50.5 Å². The van der Waals surface area contributed by atoms with Crippen molar-refractivity contribution in [1.29, 1.82) is 0 Å². The number of guanidine groups is 1. The van der Waals surface area contributed by atoms with Crippen LogP contribution in [0.15, 0.2) is 33.7 Å². The van der Waals surface area contributed by atoms with Gasteiger partial charge in [-0.2, -0.15) is 0 Å². The Morgan fingerprint density at radius 1 is 1.37 bits per heavy atom. The number of hydrogen-bond donors (Lipinski definition) is 2. The summed E-state index contributed by atoms with van der Waals surface area (Å²) in [6.45, 7) is 2.38. The summed E-state index contributed by atoms with van der Waals surface area (Å²) < 4.78 is 6.60. The van der Waals surface area contributed by atoms with Gasteiger partial charge in [0.15, 0.2) is 5.96 Å². The van der Waals surface area contributed by atoms with Crippen molar-refractivity contribution < 1.29 is 4.74 Å². The number of ether oxygens (including phenoxy) is 1. The Kier molecular flexibility index (Phi) is 4.82. The second kappa shape index (κ2) is 6.39. The lowest BCUT2D eigenvalue weighted by Crippen LogP contribution is -2.46. The van der Waals surface area contributed by atoms with Crippen LogP contribution in [-0.2, 0) is 10.2 Å². The van der Waals surface area contributed by atoms with Gasteiger partial charge in [0.25, 0.3) is 0 Å². The van der Waals surface area contributed by atoms with Gasteiger partial charge < -0.3 is 15.8 Å². The van der Waals surface area contributed by atoms with Gasteiger partial charge in [0, 0.05) is 36.7 Å². The zero-order valence-electron chi connectivity index (χ0n) is 11.2. The van der Waals surface area contributed by atoms with Crippen molar-refractivity contribution in [3.05, 3.63) is 34.3 Å². The smallest absolute Gasteiger partial charge is 0.188 e. The summed E-state index contributed by atoms with van der Waals surface area (Å²) in [5, 5.41) is 3.22. The molecule has 5 heteroatoms. The molecule has 4 nitrogen and oxygen atoms in total. The Hall–Kier alpha value is -1.07. The van der Waals surface area contributed by atoms with Crippen LogP contribution in [0.1, 0.15) is 18.4 Å². The number of nitrogens with two attached hydrogens (primary N) is 1. The van der Waals surface area contributed by atoms with Crippen LogP contribution in [0.25, 0.3) is 0 Å². The first-order valence-corrected chi connectivity index (χ1v) is 7.25. The van der Waals surface area contributed by atoms with Crippen LogP contribution in [-0.4, -0.2) is 32.8 Å². The van der Waals surface area contributed by atoms with E-state index in [9.17, 15) is 0 Å². The normalized spacial score (nSPS) is 19.2. The zero-order valence-corrected chi connectivity index (χ0v) is 12.7. The van der Waals surface area contributed by atoms with E-state index in [0.717, 1.165) is 37.1 Å². The quantitative estimate of drug-likeness (QED) is 0.660. The maximum atomic E-state index is 5.75. The summed E-state index contributed by atoms with van der Waals surface area (Å²) in [6.07, 6.45) is 2.00. The molecule has 0 saturated carbocycles. The highest BCUT2D eigenvalue weighted by Gasteiger charge is 2.34. The van der Waals surface area contributed by atoms with Crippen LogP contribution in [0.2, 0.25) is 0 Å². The molecule has 0 aromatic heterocycles. The highest BCUT2D eigenvalue weighted by molar-refractivity contribution is 9.10. The van der Waals surface area contributed by atoms with Gasteiger partial charge in [0.05, 0.1) is 0 Å². The molecule has 1 aromatic rings. The predicted octanol–water partition coefficient (Wildman–Crippen LogP) is 2.03. The standard InChI is InChI=1S/C14H20BrN3O/c1-17-13(16)18-10-14(6-8-19-9-7-14)11-2-4-12(15)5-3-11/h2-5H,6-10H2,1H3,(H3,16,17,18). The third-order valence-corrected chi connectivity index (χ3v) is 4.28. The molecule has 1 aliphatic heterocycles. The third-order valence-electron chi connectivity index (χ3n) is 3.76. The molecule has 104 valence electrons. The minimum atomic E-state index is 0.0776. The van der Waals surface area contributed by atoms with Gasteiger partial charge in [-0.1, -0.05) is 28.1 Å². The van der Waals surface area contributed by atoms with Crippen molar-refractivity contribution in [2.75, 3.05) is 26.8 Å². The van der Waals surface area contributed by atoms with Gasteiger partial charge in [0.2, 0.25) is 0 Å². The number of nitrogens with zero attached hydrogens (tertiary/aromatic N) is 1. The lowest BCUT2D eigenvalue weighted by molar-refractivity contribution is 0.0514. The van der Waals surface area contributed by atoms with E-state index in [1.165, 1.54) is 5.56 Å². The number of hydrogen-bond acceptors (Lipinski definition) is 2. The SMILES string of the molecule is CN=C(N)NCC1(c2ccc(Br)cc2)CCOCC1. The van der Waals surface area contributed by atoms with Crippen molar-refractivity contribution in [3.63, 3.8) is 0 Å². The first kappa shape index (κ1) is 14.3. The van der Waals surface area contributed by atoms with E-state index in [0.29, 0.717) is 5.96 Å². The lowest BCUT2D eigenvalue weighted by atomic mass is 9.74. The van der Waals surface area contributed by atoms with Gasteiger partial charge in [-0.25, -0.2) is 0 Å². The molecule has 3 N–H and O–H groups in total. The molecule has 0 atom stereocenters. The van der Waals surface area contributed by atoms with Crippen LogP contribution in [0.4, 0.5) is 0 Å². The van der Waals surface area contributed by atoms with Crippen molar-refractivity contribution in [2.24, 2.45) is 10.7 Å². The number of rotatable bonds is 3. The first-order chi connectivity index (χ1) is 9.16. The molecule has 19 heavy (non-hydrogen) atoms. The van der Waals surface area contributed by atoms with E-state index in [4.69, 9.17) is 10.5 Å². The molecule has 1 saturated heterocycles. The van der Waals surface area contributed by atoms with Gasteiger partial charge in [-0.3, -0.25) is 4.99 Å². The van der Waals surface area contributed by atoms with Crippen LogP contribution in [0, 0.1) is 0 Å². The fourth-order valence-corrected chi connectivity index (χ4v) is 2.74. The summed E-state index contributed by atoms with van der Waals surface area (Å²) in [4.78, 5) is 3.96. The first-order valence-electron chi connectivity index (χ1n) is 6.46. The minimum Gasteiger partial charge on any atom is -0.381 e. The topological polar surface area (TPSA) is 59.6 Å². The summed E-state index contributed by atoms with van der Waals surface area (Å²) in [6, 6.07) is 8.53. The number of aliphatic imine (C=N–C) groups is 1. The van der Waals surface area contributed by atoms with E-state index >= 15 is 0 Å². The molecule has 0 aliphatic carbocycles. The molecular weight excluding hydrogens is 306 g/mol. The van der Waals surface area contributed by atoms with Crippen LogP contribution in [0.5, 0.6) is 0 Å². The second-order valence-electron chi connectivity index (χ2n) is 4.86. The minimum absolute atomic E-state index is 0.0776. The molecule has 1 fully saturated rings. The maximum absolute atomic E-state index is 5.75. The average molecular weight is 326 g/mol. The average Bonchev–Trinajstić information content (AvgIpc) is 2.46. The maximum Gasteiger partial charge on any atom is 0.188 e. The Labute approximate surface area is 122 Å². The fraction of sp³-hybridized carbons (Fsp3) is 0.500. The van der Waals surface area contributed by atoms with Crippen LogP contribution < -0.4 is 11.1 Å². The van der Waals surface area contributed by atoms with Crippen molar-refractivity contribution >= 4 is 21.9 Å². The van der Waals surface area contributed by atoms with Crippen molar-refractivity contribution in [3.8, 4) is 0 Å². The van der Waals surface area contributed by atoms with E-state index in [1.54, 1.807) is 7.05 Å². The molecule has 1 aromatic carbocycles.